The van der Waals surface area contributed by atoms with Gasteiger partial charge in [0.2, 0.25) is 6.79 Å². The van der Waals surface area contributed by atoms with E-state index in [0.29, 0.717) is 11.5 Å². The van der Waals surface area contributed by atoms with Gasteiger partial charge in [0.05, 0.1) is 6.04 Å². The van der Waals surface area contributed by atoms with Crippen LogP contribution in [0.5, 0.6) is 11.5 Å². The Hall–Kier alpha value is -1.07. The zero-order valence-electron chi connectivity index (χ0n) is 7.54. The van der Waals surface area contributed by atoms with Gasteiger partial charge in [-0.2, -0.15) is 0 Å². The van der Waals surface area contributed by atoms with Gasteiger partial charge in [-0.3, -0.25) is 0 Å². The third-order valence-corrected chi connectivity index (χ3v) is 2.45. The summed E-state index contributed by atoms with van der Waals surface area (Å²) in [4.78, 5) is 0. The number of rotatable bonds is 2. The molecule has 0 radical (unpaired) electrons. The fourth-order valence-corrected chi connectivity index (χ4v) is 1.60. The van der Waals surface area contributed by atoms with Crippen LogP contribution in [0.3, 0.4) is 0 Å². The molecule has 0 bridgehead atoms. The minimum atomic E-state index is -2.66. The molecule has 1 heterocycles. The molecule has 15 heavy (non-hydrogen) atoms. The summed E-state index contributed by atoms with van der Waals surface area (Å²) in [6.45, 7) is 0.0685. The van der Waals surface area contributed by atoms with Crippen LogP contribution in [0.15, 0.2) is 12.1 Å². The van der Waals surface area contributed by atoms with Gasteiger partial charge in [0.25, 0.3) is 6.43 Å². The van der Waals surface area contributed by atoms with Gasteiger partial charge in [-0.1, -0.05) is 11.6 Å². The Morgan fingerprint density at radius 3 is 2.47 bits per heavy atom. The highest BCUT2D eigenvalue weighted by Gasteiger charge is 2.24. The second-order valence-electron chi connectivity index (χ2n) is 3.09. The number of halogens is 3. The molecule has 1 atom stereocenters. The molecule has 0 aliphatic carbocycles. The van der Waals surface area contributed by atoms with Crippen molar-refractivity contribution in [3.63, 3.8) is 0 Å². The Morgan fingerprint density at radius 1 is 1.27 bits per heavy atom. The van der Waals surface area contributed by atoms with Gasteiger partial charge >= 0.3 is 0 Å². The first-order valence-electron chi connectivity index (χ1n) is 4.22. The minimum absolute atomic E-state index is 0.0685. The van der Waals surface area contributed by atoms with Gasteiger partial charge in [-0.25, -0.2) is 8.78 Å². The third-order valence-electron chi connectivity index (χ3n) is 2.12. The lowest BCUT2D eigenvalue weighted by molar-refractivity contribution is 0.116. The van der Waals surface area contributed by atoms with Gasteiger partial charge in [-0.15, -0.1) is 0 Å². The van der Waals surface area contributed by atoms with Crippen molar-refractivity contribution in [2.75, 3.05) is 6.79 Å². The number of ether oxygens (including phenoxy) is 2. The fraction of sp³-hybridized carbons (Fsp3) is 0.333. The topological polar surface area (TPSA) is 44.5 Å². The van der Waals surface area contributed by atoms with Crippen molar-refractivity contribution in [3.8, 4) is 11.5 Å². The molecule has 1 aliphatic rings. The molecule has 0 aromatic heterocycles. The quantitative estimate of drug-likeness (QED) is 0.856. The van der Waals surface area contributed by atoms with Crippen molar-refractivity contribution < 1.29 is 18.3 Å². The van der Waals surface area contributed by atoms with Gasteiger partial charge in [-0.05, 0) is 11.6 Å². The van der Waals surface area contributed by atoms with Gasteiger partial charge in [0.1, 0.15) is 0 Å². The molecular weight excluding hydrogens is 228 g/mol. The zero-order valence-corrected chi connectivity index (χ0v) is 8.30. The highest BCUT2D eigenvalue weighted by Crippen LogP contribution is 2.39. The molecule has 82 valence electrons. The monoisotopic (exact) mass is 235 g/mol. The highest BCUT2D eigenvalue weighted by molar-refractivity contribution is 6.31. The molecule has 0 saturated heterocycles. The van der Waals surface area contributed by atoms with E-state index in [1.165, 1.54) is 12.1 Å². The van der Waals surface area contributed by atoms with Crippen molar-refractivity contribution in [3.05, 3.63) is 22.7 Å². The van der Waals surface area contributed by atoms with Crippen molar-refractivity contribution >= 4 is 11.6 Å². The van der Waals surface area contributed by atoms with E-state index < -0.39 is 12.5 Å². The van der Waals surface area contributed by atoms with Gasteiger partial charge in [0.15, 0.2) is 11.5 Å². The number of nitrogens with two attached hydrogens (primary N) is 1. The Kier molecular flexibility index (Phi) is 2.67. The SMILES string of the molecule is N[C@@H](c1cc2c(cc1Cl)OCO2)C(F)F. The molecular formula is C9H8ClF2NO2. The Bertz CT molecular complexity index is 387. The van der Waals surface area contributed by atoms with Crippen LogP contribution in [-0.4, -0.2) is 13.2 Å². The number of fused-ring (bicyclic) bond motifs is 1. The third kappa shape index (κ3) is 1.85. The van der Waals surface area contributed by atoms with E-state index in [9.17, 15) is 8.78 Å². The summed E-state index contributed by atoms with van der Waals surface area (Å²) in [7, 11) is 0. The predicted octanol–water partition coefficient (Wildman–Crippen LogP) is 2.33. The Balaban J connectivity index is 2.40. The van der Waals surface area contributed by atoms with Crippen LogP contribution >= 0.6 is 11.6 Å². The number of benzene rings is 1. The van der Waals surface area contributed by atoms with Crippen LogP contribution in [0, 0.1) is 0 Å². The first kappa shape index (κ1) is 10.4. The van der Waals surface area contributed by atoms with Crippen molar-refractivity contribution in [2.45, 2.75) is 12.5 Å². The van der Waals surface area contributed by atoms with E-state index in [0.717, 1.165) is 0 Å². The van der Waals surface area contributed by atoms with E-state index in [4.69, 9.17) is 26.8 Å². The summed E-state index contributed by atoms with van der Waals surface area (Å²) < 4.78 is 34.9. The normalized spacial score (nSPS) is 15.8. The maximum absolute atomic E-state index is 12.4. The van der Waals surface area contributed by atoms with E-state index in [1.54, 1.807) is 0 Å². The van der Waals surface area contributed by atoms with Gasteiger partial charge < -0.3 is 15.2 Å². The first-order chi connectivity index (χ1) is 7.09. The van der Waals surface area contributed by atoms with Gasteiger partial charge in [0, 0.05) is 11.1 Å². The van der Waals surface area contributed by atoms with Crippen molar-refractivity contribution in [1.29, 1.82) is 0 Å². The summed E-state index contributed by atoms with van der Waals surface area (Å²) in [5.74, 6) is 0.843. The summed E-state index contributed by atoms with van der Waals surface area (Å²) >= 11 is 5.80. The lowest BCUT2D eigenvalue weighted by Crippen LogP contribution is -2.19. The number of hydrogen-bond acceptors (Lipinski definition) is 3. The average Bonchev–Trinajstić information content (AvgIpc) is 2.62. The van der Waals surface area contributed by atoms with Crippen molar-refractivity contribution in [1.82, 2.24) is 0 Å². The second-order valence-corrected chi connectivity index (χ2v) is 3.49. The molecule has 0 spiro atoms. The molecule has 1 aliphatic heterocycles. The molecule has 0 fully saturated rings. The van der Waals surface area contributed by atoms with Crippen LogP contribution in [0.2, 0.25) is 5.02 Å². The number of alkyl halides is 2. The Labute approximate surface area is 89.7 Å². The summed E-state index contributed by atoms with van der Waals surface area (Å²) in [5.41, 5.74) is 5.46. The van der Waals surface area contributed by atoms with E-state index in [2.05, 4.69) is 0 Å². The van der Waals surface area contributed by atoms with E-state index >= 15 is 0 Å². The van der Waals surface area contributed by atoms with Crippen molar-refractivity contribution in [2.24, 2.45) is 5.73 Å². The summed E-state index contributed by atoms with van der Waals surface area (Å²) in [6.07, 6.45) is -2.66. The molecule has 0 amide bonds. The second kappa shape index (κ2) is 3.83. The molecule has 1 aromatic rings. The predicted molar refractivity (Wildman–Crippen MR) is 50.5 cm³/mol. The largest absolute Gasteiger partial charge is 0.454 e. The van der Waals surface area contributed by atoms with Crippen LogP contribution in [0.4, 0.5) is 8.78 Å². The smallest absolute Gasteiger partial charge is 0.257 e. The van der Waals surface area contributed by atoms with Crippen LogP contribution < -0.4 is 15.2 Å². The lowest BCUT2D eigenvalue weighted by atomic mass is 10.1. The maximum atomic E-state index is 12.4. The maximum Gasteiger partial charge on any atom is 0.257 e. The average molecular weight is 236 g/mol. The summed E-state index contributed by atoms with van der Waals surface area (Å²) in [6, 6.07) is 1.41. The number of hydrogen-bond donors (Lipinski definition) is 1. The standard InChI is InChI=1S/C9H8ClF2NO2/c10-5-2-7-6(14-3-15-7)1-4(5)8(13)9(11)12/h1-2,8-9H,3,13H2/t8-/m0/s1. The molecule has 0 saturated carbocycles. The molecule has 0 unspecified atom stereocenters. The molecule has 3 nitrogen and oxygen atoms in total. The first-order valence-corrected chi connectivity index (χ1v) is 4.60. The fourth-order valence-electron chi connectivity index (χ4n) is 1.32. The summed E-state index contributed by atoms with van der Waals surface area (Å²) in [5, 5.41) is 0.159. The van der Waals surface area contributed by atoms with E-state index in [1.807, 2.05) is 0 Å². The molecule has 1 aromatic carbocycles. The van der Waals surface area contributed by atoms with Crippen LogP contribution in [0.25, 0.3) is 0 Å². The molecule has 2 rings (SSSR count). The molecule has 6 heteroatoms. The lowest BCUT2D eigenvalue weighted by Gasteiger charge is -2.13. The Morgan fingerprint density at radius 2 is 1.87 bits per heavy atom. The van der Waals surface area contributed by atoms with Crippen LogP contribution in [-0.2, 0) is 0 Å². The highest BCUT2D eigenvalue weighted by atomic mass is 35.5. The minimum Gasteiger partial charge on any atom is -0.454 e. The van der Waals surface area contributed by atoms with Crippen LogP contribution in [0.1, 0.15) is 11.6 Å². The van der Waals surface area contributed by atoms with E-state index in [-0.39, 0.29) is 17.4 Å². The molecule has 2 N–H and O–H groups in total. The zero-order chi connectivity index (χ0) is 11.0.